The van der Waals surface area contributed by atoms with E-state index < -0.39 is 5.60 Å². The molecule has 0 spiro atoms. The van der Waals surface area contributed by atoms with Crippen LogP contribution in [0.25, 0.3) is 0 Å². The lowest BCUT2D eigenvalue weighted by molar-refractivity contribution is -0.0403. The van der Waals surface area contributed by atoms with Gasteiger partial charge in [0.15, 0.2) is 0 Å². The molecule has 1 rings (SSSR count). The molecule has 0 aliphatic rings. The lowest BCUT2D eigenvalue weighted by Crippen LogP contribution is -2.26. The topological polar surface area (TPSA) is 74.2 Å². The summed E-state index contributed by atoms with van der Waals surface area (Å²) in [4.78, 5) is 4.40. The molecule has 0 amide bonds. The van der Waals surface area contributed by atoms with Crippen molar-refractivity contribution >= 4 is 0 Å². The summed E-state index contributed by atoms with van der Waals surface area (Å²) in [5, 5.41) is 4.01. The average Bonchev–Trinajstić information content (AvgIpc) is 2.78. The highest BCUT2D eigenvalue weighted by molar-refractivity contribution is 5.01. The van der Waals surface area contributed by atoms with Crippen LogP contribution in [0.2, 0.25) is 0 Å². The Labute approximate surface area is 109 Å². The summed E-state index contributed by atoms with van der Waals surface area (Å²) >= 11 is 0. The normalized spacial score (nSPS) is 16.8. The minimum absolute atomic E-state index is 0.200. The first kappa shape index (κ1) is 15.1. The van der Waals surface area contributed by atoms with Gasteiger partial charge in [-0.05, 0) is 32.6 Å². The molecule has 2 N–H and O–H groups in total. The van der Waals surface area contributed by atoms with Crippen LogP contribution < -0.4 is 5.73 Å². The second kappa shape index (κ2) is 6.29. The first-order valence-corrected chi connectivity index (χ1v) is 6.66. The third-order valence-electron chi connectivity index (χ3n) is 3.09. The van der Waals surface area contributed by atoms with Crippen LogP contribution in [0.4, 0.5) is 0 Å². The standard InChI is InChI=1S/C13H25N3O2/c1-6-13(5,17-7-2)12-15-11(18-16-12)10(14)8-9(3)4/h9-10H,6-8,14H2,1-5H3/t10-,13?/m1/s1. The van der Waals surface area contributed by atoms with Crippen molar-refractivity contribution in [1.29, 1.82) is 0 Å². The van der Waals surface area contributed by atoms with E-state index in [1.54, 1.807) is 0 Å². The molecule has 104 valence electrons. The first-order valence-electron chi connectivity index (χ1n) is 6.66. The molecule has 18 heavy (non-hydrogen) atoms. The number of hydrogen-bond donors (Lipinski definition) is 1. The predicted molar refractivity (Wildman–Crippen MR) is 70.0 cm³/mol. The van der Waals surface area contributed by atoms with Crippen molar-refractivity contribution in [2.45, 2.75) is 59.1 Å². The Morgan fingerprint density at radius 3 is 2.56 bits per heavy atom. The smallest absolute Gasteiger partial charge is 0.243 e. The lowest BCUT2D eigenvalue weighted by Gasteiger charge is -2.23. The fourth-order valence-electron chi connectivity index (χ4n) is 1.85. The van der Waals surface area contributed by atoms with E-state index in [-0.39, 0.29) is 6.04 Å². The number of aromatic nitrogens is 2. The third-order valence-corrected chi connectivity index (χ3v) is 3.09. The molecule has 0 radical (unpaired) electrons. The Morgan fingerprint density at radius 1 is 1.39 bits per heavy atom. The van der Waals surface area contributed by atoms with Gasteiger partial charge in [-0.1, -0.05) is 25.9 Å². The SMILES string of the molecule is CCOC(C)(CC)c1noc([C@H](N)CC(C)C)n1. The molecule has 0 aliphatic carbocycles. The molecule has 0 fully saturated rings. The summed E-state index contributed by atoms with van der Waals surface area (Å²) in [6.45, 7) is 10.8. The number of ether oxygens (including phenoxy) is 1. The summed E-state index contributed by atoms with van der Waals surface area (Å²) in [6.07, 6.45) is 1.62. The Morgan fingerprint density at radius 2 is 2.06 bits per heavy atom. The molecular weight excluding hydrogens is 230 g/mol. The zero-order valence-electron chi connectivity index (χ0n) is 12.1. The van der Waals surface area contributed by atoms with Gasteiger partial charge in [0.05, 0.1) is 6.04 Å². The summed E-state index contributed by atoms with van der Waals surface area (Å²) in [7, 11) is 0. The zero-order valence-corrected chi connectivity index (χ0v) is 12.1. The van der Waals surface area contributed by atoms with E-state index in [9.17, 15) is 0 Å². The summed E-state index contributed by atoms with van der Waals surface area (Å²) in [6, 6.07) is -0.200. The molecular formula is C13H25N3O2. The van der Waals surface area contributed by atoms with E-state index in [4.69, 9.17) is 15.0 Å². The van der Waals surface area contributed by atoms with Crippen molar-refractivity contribution < 1.29 is 9.26 Å². The quantitative estimate of drug-likeness (QED) is 0.811. The molecule has 1 aromatic rings. The van der Waals surface area contributed by atoms with Crippen LogP contribution in [0.3, 0.4) is 0 Å². The molecule has 0 bridgehead atoms. The molecule has 1 unspecified atom stereocenters. The predicted octanol–water partition coefficient (Wildman–Crippen LogP) is 2.78. The number of rotatable bonds is 7. The van der Waals surface area contributed by atoms with E-state index in [1.807, 2.05) is 20.8 Å². The Balaban J connectivity index is 2.84. The van der Waals surface area contributed by atoms with Crippen LogP contribution >= 0.6 is 0 Å². The largest absolute Gasteiger partial charge is 0.367 e. The van der Waals surface area contributed by atoms with Crippen LogP contribution in [-0.4, -0.2) is 16.7 Å². The average molecular weight is 255 g/mol. The van der Waals surface area contributed by atoms with Crippen LogP contribution in [0.1, 0.15) is 65.2 Å². The summed E-state index contributed by atoms with van der Waals surface area (Å²) < 4.78 is 11.0. The van der Waals surface area contributed by atoms with Crippen molar-refractivity contribution in [3.63, 3.8) is 0 Å². The first-order chi connectivity index (χ1) is 8.42. The van der Waals surface area contributed by atoms with Gasteiger partial charge in [-0.15, -0.1) is 0 Å². The maximum absolute atomic E-state index is 6.03. The van der Waals surface area contributed by atoms with Gasteiger partial charge >= 0.3 is 0 Å². The number of nitrogens with zero attached hydrogens (tertiary/aromatic N) is 2. The van der Waals surface area contributed by atoms with Crippen molar-refractivity contribution in [1.82, 2.24) is 10.1 Å². The summed E-state index contributed by atoms with van der Waals surface area (Å²) in [5.74, 6) is 1.58. The van der Waals surface area contributed by atoms with Crippen molar-refractivity contribution in [2.75, 3.05) is 6.61 Å². The van der Waals surface area contributed by atoms with Gasteiger partial charge in [0.25, 0.3) is 0 Å². The maximum atomic E-state index is 6.03. The highest BCUT2D eigenvalue weighted by Crippen LogP contribution is 2.28. The van der Waals surface area contributed by atoms with Crippen LogP contribution in [0.5, 0.6) is 0 Å². The Hall–Kier alpha value is -0.940. The highest BCUT2D eigenvalue weighted by Gasteiger charge is 2.31. The van der Waals surface area contributed by atoms with Gasteiger partial charge in [-0.25, -0.2) is 0 Å². The molecule has 0 aliphatic heterocycles. The van der Waals surface area contributed by atoms with E-state index in [0.717, 1.165) is 12.8 Å². The van der Waals surface area contributed by atoms with Crippen molar-refractivity contribution in [2.24, 2.45) is 11.7 Å². The second-order valence-corrected chi connectivity index (χ2v) is 5.21. The highest BCUT2D eigenvalue weighted by atomic mass is 16.5. The molecule has 0 saturated carbocycles. The van der Waals surface area contributed by atoms with E-state index >= 15 is 0 Å². The van der Waals surface area contributed by atoms with Gasteiger partial charge < -0.3 is 15.0 Å². The lowest BCUT2D eigenvalue weighted by atomic mass is 10.0. The van der Waals surface area contributed by atoms with E-state index in [2.05, 4.69) is 24.0 Å². The molecule has 0 saturated heterocycles. The Kier molecular flexibility index (Phi) is 5.28. The number of nitrogens with two attached hydrogens (primary N) is 1. The van der Waals surface area contributed by atoms with Crippen LogP contribution in [-0.2, 0) is 10.3 Å². The minimum Gasteiger partial charge on any atom is -0.367 e. The molecule has 2 atom stereocenters. The molecule has 1 heterocycles. The molecule has 0 aromatic carbocycles. The van der Waals surface area contributed by atoms with Gasteiger partial charge in [0.2, 0.25) is 11.7 Å². The van der Waals surface area contributed by atoms with E-state index in [1.165, 1.54) is 0 Å². The molecule has 5 nitrogen and oxygen atoms in total. The van der Waals surface area contributed by atoms with Gasteiger partial charge in [-0.2, -0.15) is 4.98 Å². The van der Waals surface area contributed by atoms with Crippen LogP contribution in [0, 0.1) is 5.92 Å². The second-order valence-electron chi connectivity index (χ2n) is 5.21. The van der Waals surface area contributed by atoms with Crippen molar-refractivity contribution in [3.05, 3.63) is 11.7 Å². The van der Waals surface area contributed by atoms with E-state index in [0.29, 0.717) is 24.2 Å². The maximum Gasteiger partial charge on any atom is 0.243 e. The third kappa shape index (κ3) is 3.53. The van der Waals surface area contributed by atoms with Gasteiger partial charge in [0.1, 0.15) is 5.60 Å². The summed E-state index contributed by atoms with van der Waals surface area (Å²) in [5.41, 5.74) is 5.54. The monoisotopic (exact) mass is 255 g/mol. The fourth-order valence-corrected chi connectivity index (χ4v) is 1.85. The molecule has 5 heteroatoms. The minimum atomic E-state index is -0.492. The Bertz CT molecular complexity index is 365. The van der Waals surface area contributed by atoms with Gasteiger partial charge in [0, 0.05) is 6.61 Å². The number of hydrogen-bond acceptors (Lipinski definition) is 5. The van der Waals surface area contributed by atoms with Gasteiger partial charge in [-0.3, -0.25) is 0 Å². The van der Waals surface area contributed by atoms with Crippen molar-refractivity contribution in [3.8, 4) is 0 Å². The zero-order chi connectivity index (χ0) is 13.8. The fraction of sp³-hybridized carbons (Fsp3) is 0.846. The van der Waals surface area contributed by atoms with Crippen LogP contribution in [0.15, 0.2) is 4.52 Å². The molecule has 1 aromatic heterocycles.